The van der Waals surface area contributed by atoms with E-state index in [1.807, 2.05) is 16.2 Å². The summed E-state index contributed by atoms with van der Waals surface area (Å²) in [6.07, 6.45) is 1.79. The molecule has 1 unspecified atom stereocenters. The average molecular weight is 330 g/mol. The van der Waals surface area contributed by atoms with E-state index in [0.29, 0.717) is 18.4 Å². The lowest BCUT2D eigenvalue weighted by Gasteiger charge is -2.34. The summed E-state index contributed by atoms with van der Waals surface area (Å²) in [5.41, 5.74) is 1.47. The van der Waals surface area contributed by atoms with Gasteiger partial charge in [-0.1, -0.05) is 0 Å². The fourth-order valence-corrected chi connectivity index (χ4v) is 4.14. The van der Waals surface area contributed by atoms with E-state index in [1.54, 1.807) is 0 Å². The van der Waals surface area contributed by atoms with E-state index < -0.39 is 0 Å². The van der Waals surface area contributed by atoms with Crippen molar-refractivity contribution in [3.8, 4) is 0 Å². The number of nitrogens with zero attached hydrogens (tertiary/aromatic N) is 2. The van der Waals surface area contributed by atoms with Crippen molar-refractivity contribution in [2.45, 2.75) is 25.8 Å². The van der Waals surface area contributed by atoms with E-state index in [1.165, 1.54) is 10.4 Å². The van der Waals surface area contributed by atoms with Crippen LogP contribution in [0.3, 0.4) is 0 Å². The van der Waals surface area contributed by atoms with Crippen molar-refractivity contribution in [1.29, 1.82) is 0 Å². The van der Waals surface area contributed by atoms with Crippen LogP contribution in [-0.2, 0) is 11.2 Å². The number of rotatable bonds is 3. The zero-order valence-corrected chi connectivity index (χ0v) is 14.1. The van der Waals surface area contributed by atoms with Crippen LogP contribution in [-0.4, -0.2) is 55.0 Å². The maximum atomic E-state index is 12.2. The van der Waals surface area contributed by atoms with Crippen molar-refractivity contribution in [2.75, 3.05) is 39.3 Å². The van der Waals surface area contributed by atoms with Crippen LogP contribution in [0.2, 0.25) is 0 Å². The fourth-order valence-electron chi connectivity index (χ4n) is 3.18. The first kappa shape index (κ1) is 16.7. The molecule has 3 rings (SSSR count). The van der Waals surface area contributed by atoms with Gasteiger partial charge in [-0.15, -0.1) is 23.7 Å². The first-order chi connectivity index (χ1) is 9.75. The molecule has 0 radical (unpaired) electrons. The van der Waals surface area contributed by atoms with E-state index in [9.17, 15) is 4.79 Å². The standard InChI is InChI=1S/C15H23N3OS.ClH/c1-12-13-4-11-20-14(13)2-7-17(12)8-3-15(19)18-9-5-16-6-10-18;/h4,11-12,16H,2-3,5-10H2,1H3;1H. The molecule has 2 aliphatic rings. The van der Waals surface area contributed by atoms with Crippen molar-refractivity contribution < 1.29 is 4.79 Å². The molecule has 1 N–H and O–H groups in total. The summed E-state index contributed by atoms with van der Waals surface area (Å²) in [6.45, 7) is 7.84. The van der Waals surface area contributed by atoms with Gasteiger partial charge in [-0.2, -0.15) is 0 Å². The van der Waals surface area contributed by atoms with Crippen LogP contribution < -0.4 is 5.32 Å². The zero-order valence-electron chi connectivity index (χ0n) is 12.5. The lowest BCUT2D eigenvalue weighted by molar-refractivity contribution is -0.132. The summed E-state index contributed by atoms with van der Waals surface area (Å²) in [5.74, 6) is 0.315. The van der Waals surface area contributed by atoms with Gasteiger partial charge < -0.3 is 10.2 Å². The summed E-state index contributed by atoms with van der Waals surface area (Å²) >= 11 is 1.87. The van der Waals surface area contributed by atoms with Gasteiger partial charge in [0.15, 0.2) is 0 Å². The van der Waals surface area contributed by atoms with Gasteiger partial charge in [0.2, 0.25) is 5.91 Å². The molecule has 3 heterocycles. The second-order valence-electron chi connectivity index (χ2n) is 5.64. The lowest BCUT2D eigenvalue weighted by Crippen LogP contribution is -2.47. The molecule has 21 heavy (non-hydrogen) atoms. The van der Waals surface area contributed by atoms with Crippen molar-refractivity contribution in [1.82, 2.24) is 15.1 Å². The summed E-state index contributed by atoms with van der Waals surface area (Å²) < 4.78 is 0. The quantitative estimate of drug-likeness (QED) is 0.920. The Balaban J connectivity index is 0.00000161. The largest absolute Gasteiger partial charge is 0.340 e. The molecular formula is C15H24ClN3OS. The second kappa shape index (κ2) is 7.58. The summed E-state index contributed by atoms with van der Waals surface area (Å²) in [7, 11) is 0. The van der Waals surface area contributed by atoms with Crippen molar-refractivity contribution in [3.05, 3.63) is 21.9 Å². The smallest absolute Gasteiger partial charge is 0.223 e. The highest BCUT2D eigenvalue weighted by Crippen LogP contribution is 2.32. The van der Waals surface area contributed by atoms with Gasteiger partial charge in [-0.05, 0) is 30.4 Å². The molecule has 0 aliphatic carbocycles. The monoisotopic (exact) mass is 329 g/mol. The molecule has 0 aromatic carbocycles. The SMILES string of the molecule is CC1c2ccsc2CCN1CCC(=O)N1CCNCC1.Cl. The average Bonchev–Trinajstić information content (AvgIpc) is 2.96. The topological polar surface area (TPSA) is 35.6 Å². The third-order valence-electron chi connectivity index (χ3n) is 4.49. The van der Waals surface area contributed by atoms with Gasteiger partial charge in [0.25, 0.3) is 0 Å². The summed E-state index contributed by atoms with van der Waals surface area (Å²) in [6, 6.07) is 2.70. The molecular weight excluding hydrogens is 306 g/mol. The van der Waals surface area contributed by atoms with Crippen LogP contribution >= 0.6 is 23.7 Å². The minimum absolute atomic E-state index is 0. The Morgan fingerprint density at radius 2 is 2.14 bits per heavy atom. The Labute approximate surface area is 136 Å². The molecule has 0 bridgehead atoms. The summed E-state index contributed by atoms with van der Waals surface area (Å²) in [4.78, 5) is 18.2. The molecule has 118 valence electrons. The Morgan fingerprint density at radius 1 is 1.38 bits per heavy atom. The molecule has 1 amide bonds. The number of hydrogen-bond acceptors (Lipinski definition) is 4. The van der Waals surface area contributed by atoms with Crippen LogP contribution in [0, 0.1) is 0 Å². The highest BCUT2D eigenvalue weighted by Gasteiger charge is 2.25. The molecule has 1 fully saturated rings. The number of halogens is 1. The first-order valence-electron chi connectivity index (χ1n) is 7.54. The minimum atomic E-state index is 0. The number of nitrogens with one attached hydrogen (secondary N) is 1. The van der Waals surface area contributed by atoms with E-state index in [2.05, 4.69) is 28.6 Å². The molecule has 1 saturated heterocycles. The maximum absolute atomic E-state index is 12.2. The van der Waals surface area contributed by atoms with Gasteiger partial charge >= 0.3 is 0 Å². The van der Waals surface area contributed by atoms with Crippen molar-refractivity contribution >= 4 is 29.7 Å². The van der Waals surface area contributed by atoms with E-state index in [4.69, 9.17) is 0 Å². The van der Waals surface area contributed by atoms with Gasteiger partial charge in [0.05, 0.1) is 0 Å². The van der Waals surface area contributed by atoms with Crippen LogP contribution in [0.5, 0.6) is 0 Å². The van der Waals surface area contributed by atoms with Crippen molar-refractivity contribution in [2.24, 2.45) is 0 Å². The van der Waals surface area contributed by atoms with Crippen LogP contribution in [0.1, 0.15) is 29.8 Å². The molecule has 1 atom stereocenters. The number of hydrogen-bond donors (Lipinski definition) is 1. The summed E-state index contributed by atoms with van der Waals surface area (Å²) in [5, 5.41) is 5.48. The normalized spacial score (nSPS) is 22.5. The van der Waals surface area contributed by atoms with E-state index >= 15 is 0 Å². The molecule has 0 spiro atoms. The first-order valence-corrected chi connectivity index (χ1v) is 8.42. The Hall–Kier alpha value is -0.620. The van der Waals surface area contributed by atoms with Crippen molar-refractivity contribution in [3.63, 3.8) is 0 Å². The molecule has 2 aliphatic heterocycles. The lowest BCUT2D eigenvalue weighted by atomic mass is 10.0. The van der Waals surface area contributed by atoms with Gasteiger partial charge in [0, 0.05) is 56.6 Å². The number of carbonyl (C=O) groups is 1. The maximum Gasteiger partial charge on any atom is 0.223 e. The minimum Gasteiger partial charge on any atom is -0.340 e. The highest BCUT2D eigenvalue weighted by molar-refractivity contribution is 7.10. The third-order valence-corrected chi connectivity index (χ3v) is 5.48. The van der Waals surface area contributed by atoms with E-state index in [-0.39, 0.29) is 12.4 Å². The number of fused-ring (bicyclic) bond motifs is 1. The number of amides is 1. The van der Waals surface area contributed by atoms with Crippen LogP contribution in [0.15, 0.2) is 11.4 Å². The Bertz CT molecular complexity index is 473. The molecule has 1 aromatic rings. The van der Waals surface area contributed by atoms with E-state index in [0.717, 1.165) is 45.7 Å². The van der Waals surface area contributed by atoms with Gasteiger partial charge in [0.1, 0.15) is 0 Å². The third kappa shape index (κ3) is 3.77. The fraction of sp³-hybridized carbons (Fsp3) is 0.667. The number of carbonyl (C=O) groups excluding carboxylic acids is 1. The second-order valence-corrected chi connectivity index (χ2v) is 6.64. The predicted octanol–water partition coefficient (Wildman–Crippen LogP) is 1.91. The van der Waals surface area contributed by atoms with Gasteiger partial charge in [-0.3, -0.25) is 9.69 Å². The van der Waals surface area contributed by atoms with Gasteiger partial charge in [-0.25, -0.2) is 0 Å². The molecule has 1 aromatic heterocycles. The Morgan fingerprint density at radius 3 is 2.90 bits per heavy atom. The number of thiophene rings is 1. The van der Waals surface area contributed by atoms with Crippen LogP contribution in [0.4, 0.5) is 0 Å². The number of piperazine rings is 1. The Kier molecular flexibility index (Phi) is 6.05. The zero-order chi connectivity index (χ0) is 13.9. The molecule has 0 saturated carbocycles. The predicted molar refractivity (Wildman–Crippen MR) is 89.3 cm³/mol. The highest BCUT2D eigenvalue weighted by atomic mass is 35.5. The van der Waals surface area contributed by atoms with Crippen LogP contribution in [0.25, 0.3) is 0 Å². The molecule has 6 heteroatoms. The molecule has 4 nitrogen and oxygen atoms in total.